The topological polar surface area (TPSA) is 61.6 Å². The van der Waals surface area contributed by atoms with Crippen molar-refractivity contribution in [2.45, 2.75) is 71.6 Å². The minimum atomic E-state index is -0.342. The van der Waals surface area contributed by atoms with Crippen molar-refractivity contribution in [3.8, 4) is 5.75 Å². The third kappa shape index (κ3) is 13.5. The van der Waals surface area contributed by atoms with Crippen molar-refractivity contribution in [3.05, 3.63) is 77.5 Å². The normalized spacial score (nSPS) is 12.6. The second-order valence-corrected chi connectivity index (χ2v) is 9.29. The van der Waals surface area contributed by atoms with Gasteiger partial charge in [-0.1, -0.05) is 101 Å². The molecule has 35 heavy (non-hydrogen) atoms. The maximum Gasteiger partial charge on any atom is 0.330 e. The molecule has 0 bridgehead atoms. The number of esters is 1. The van der Waals surface area contributed by atoms with E-state index in [1.54, 1.807) is 6.08 Å². The fourth-order valence-corrected chi connectivity index (χ4v) is 3.82. The van der Waals surface area contributed by atoms with Gasteiger partial charge in [0.15, 0.2) is 0 Å². The molecule has 2 N–H and O–H groups in total. The molecule has 0 aliphatic heterocycles. The summed E-state index contributed by atoms with van der Waals surface area (Å²) in [7, 11) is 0. The third-order valence-electron chi connectivity index (χ3n) is 5.80. The van der Waals surface area contributed by atoms with Gasteiger partial charge in [-0.05, 0) is 54.2 Å². The van der Waals surface area contributed by atoms with Gasteiger partial charge in [0.2, 0.25) is 0 Å². The summed E-state index contributed by atoms with van der Waals surface area (Å²) in [6.45, 7) is 5.38. The van der Waals surface area contributed by atoms with Crippen molar-refractivity contribution in [2.24, 2.45) is 11.7 Å². The first-order valence-corrected chi connectivity index (χ1v) is 13.2. The van der Waals surface area contributed by atoms with Gasteiger partial charge in [-0.25, -0.2) is 4.79 Å². The number of benzene rings is 2. The molecule has 0 radical (unpaired) electrons. The maximum absolute atomic E-state index is 11.9. The van der Waals surface area contributed by atoms with E-state index in [9.17, 15) is 4.79 Å². The largest absolute Gasteiger partial charge is 0.494 e. The molecule has 0 heterocycles. The van der Waals surface area contributed by atoms with E-state index in [2.05, 4.69) is 6.92 Å². The van der Waals surface area contributed by atoms with Crippen LogP contribution in [-0.2, 0) is 9.53 Å². The predicted molar refractivity (Wildman–Crippen MR) is 147 cm³/mol. The summed E-state index contributed by atoms with van der Waals surface area (Å²) >= 11 is 0. The van der Waals surface area contributed by atoms with Crippen molar-refractivity contribution in [1.82, 2.24) is 0 Å². The number of allylic oxidation sites excluding steroid dienone is 1. The quantitative estimate of drug-likeness (QED) is 0.143. The Morgan fingerprint density at radius 2 is 1.54 bits per heavy atom. The first kappa shape index (κ1) is 28.2. The van der Waals surface area contributed by atoms with Gasteiger partial charge in [0.1, 0.15) is 5.75 Å². The van der Waals surface area contributed by atoms with Gasteiger partial charge in [0, 0.05) is 11.8 Å². The van der Waals surface area contributed by atoms with Gasteiger partial charge in [-0.15, -0.1) is 0 Å². The SMILES string of the molecule is CCCCCCCCCCOc1ccc(C=C(N)CC(C)COC(=O)/C=C/c2ccccc2)cc1. The molecule has 4 heteroatoms. The summed E-state index contributed by atoms with van der Waals surface area (Å²) < 4.78 is 11.2. The lowest BCUT2D eigenvalue weighted by Gasteiger charge is -2.12. The van der Waals surface area contributed by atoms with E-state index in [4.69, 9.17) is 15.2 Å². The van der Waals surface area contributed by atoms with Crippen molar-refractivity contribution < 1.29 is 14.3 Å². The molecule has 0 fully saturated rings. The van der Waals surface area contributed by atoms with Crippen molar-refractivity contribution >= 4 is 18.1 Å². The highest BCUT2D eigenvalue weighted by atomic mass is 16.5. The summed E-state index contributed by atoms with van der Waals surface area (Å²) in [5.41, 5.74) is 9.00. The molecular weight excluding hydrogens is 434 g/mol. The van der Waals surface area contributed by atoms with Gasteiger partial charge in [-0.3, -0.25) is 0 Å². The number of ether oxygens (including phenoxy) is 2. The fourth-order valence-electron chi connectivity index (χ4n) is 3.82. The molecule has 2 rings (SSSR count). The molecule has 0 aliphatic rings. The van der Waals surface area contributed by atoms with Gasteiger partial charge in [0.05, 0.1) is 13.2 Å². The van der Waals surface area contributed by atoms with Crippen molar-refractivity contribution in [3.63, 3.8) is 0 Å². The van der Waals surface area contributed by atoms with Crippen LogP contribution in [0, 0.1) is 5.92 Å². The highest BCUT2D eigenvalue weighted by molar-refractivity contribution is 5.87. The highest BCUT2D eigenvalue weighted by Gasteiger charge is 2.07. The summed E-state index contributed by atoms with van der Waals surface area (Å²) in [4.78, 5) is 11.9. The number of rotatable bonds is 17. The highest BCUT2D eigenvalue weighted by Crippen LogP contribution is 2.17. The molecule has 2 aromatic carbocycles. The molecule has 1 unspecified atom stereocenters. The van der Waals surface area contributed by atoms with E-state index in [1.807, 2.05) is 67.6 Å². The average Bonchev–Trinajstić information content (AvgIpc) is 2.87. The minimum absolute atomic E-state index is 0.134. The Labute approximate surface area is 212 Å². The zero-order valence-corrected chi connectivity index (χ0v) is 21.6. The Hall–Kier alpha value is -3.01. The van der Waals surface area contributed by atoms with Gasteiger partial charge in [-0.2, -0.15) is 0 Å². The Bertz CT molecular complexity index is 887. The lowest BCUT2D eigenvalue weighted by Crippen LogP contribution is -2.13. The lowest BCUT2D eigenvalue weighted by atomic mass is 10.0. The molecule has 0 aromatic heterocycles. The zero-order valence-electron chi connectivity index (χ0n) is 21.6. The van der Waals surface area contributed by atoms with Crippen LogP contribution in [0.1, 0.15) is 82.8 Å². The first-order chi connectivity index (χ1) is 17.1. The molecular formula is C31H43NO3. The number of unbranched alkanes of at least 4 members (excludes halogenated alkanes) is 7. The summed E-state index contributed by atoms with van der Waals surface area (Å²) in [6, 6.07) is 17.7. The molecule has 0 spiro atoms. The van der Waals surface area contributed by atoms with E-state index < -0.39 is 0 Å². The number of hydrogen-bond acceptors (Lipinski definition) is 4. The number of carbonyl (C=O) groups is 1. The summed E-state index contributed by atoms with van der Waals surface area (Å²) in [5, 5.41) is 0. The molecule has 0 saturated heterocycles. The summed E-state index contributed by atoms with van der Waals surface area (Å²) in [5.74, 6) is 0.688. The van der Waals surface area contributed by atoms with Crippen LogP contribution in [-0.4, -0.2) is 19.2 Å². The van der Waals surface area contributed by atoms with Crippen LogP contribution in [0.4, 0.5) is 0 Å². The van der Waals surface area contributed by atoms with Crippen LogP contribution in [0.25, 0.3) is 12.2 Å². The van der Waals surface area contributed by atoms with E-state index >= 15 is 0 Å². The van der Waals surface area contributed by atoms with Gasteiger partial charge < -0.3 is 15.2 Å². The first-order valence-electron chi connectivity index (χ1n) is 13.2. The van der Waals surface area contributed by atoms with Crippen molar-refractivity contribution in [1.29, 1.82) is 0 Å². The molecule has 4 nitrogen and oxygen atoms in total. The van der Waals surface area contributed by atoms with E-state index in [0.717, 1.165) is 35.6 Å². The second kappa shape index (κ2) is 17.4. The van der Waals surface area contributed by atoms with E-state index in [-0.39, 0.29) is 11.9 Å². The van der Waals surface area contributed by atoms with Crippen LogP contribution < -0.4 is 10.5 Å². The van der Waals surface area contributed by atoms with E-state index in [0.29, 0.717) is 13.0 Å². The number of nitrogens with two attached hydrogens (primary N) is 1. The smallest absolute Gasteiger partial charge is 0.330 e. The van der Waals surface area contributed by atoms with Crippen LogP contribution in [0.15, 0.2) is 66.4 Å². The van der Waals surface area contributed by atoms with Crippen molar-refractivity contribution in [2.75, 3.05) is 13.2 Å². The Balaban J connectivity index is 1.62. The monoisotopic (exact) mass is 477 g/mol. The standard InChI is InChI=1S/C31H43NO3/c1-3-4-5-6-7-8-9-13-22-34-30-19-16-28(17-20-30)24-29(32)23-26(2)25-35-31(33)21-18-27-14-11-10-12-15-27/h10-12,14-21,24,26H,3-9,13,22-23,25,32H2,1-2H3/b21-18+,29-24?. The Kier molecular flexibility index (Phi) is 14.1. The summed E-state index contributed by atoms with van der Waals surface area (Å²) in [6.07, 6.45) is 16.2. The molecule has 0 amide bonds. The average molecular weight is 478 g/mol. The molecule has 1 atom stereocenters. The minimum Gasteiger partial charge on any atom is -0.494 e. The lowest BCUT2D eigenvalue weighted by molar-refractivity contribution is -0.138. The Morgan fingerprint density at radius 3 is 2.23 bits per heavy atom. The van der Waals surface area contributed by atoms with Gasteiger partial charge in [0.25, 0.3) is 0 Å². The molecule has 0 saturated carbocycles. The predicted octanol–water partition coefficient (Wildman–Crippen LogP) is 7.79. The fraction of sp³-hybridized carbons (Fsp3) is 0.452. The third-order valence-corrected chi connectivity index (χ3v) is 5.80. The number of hydrogen-bond donors (Lipinski definition) is 1. The molecule has 190 valence electrons. The number of carbonyl (C=O) groups excluding carboxylic acids is 1. The second-order valence-electron chi connectivity index (χ2n) is 9.29. The van der Waals surface area contributed by atoms with Crippen LogP contribution >= 0.6 is 0 Å². The molecule has 2 aromatic rings. The Morgan fingerprint density at radius 1 is 0.886 bits per heavy atom. The molecule has 0 aliphatic carbocycles. The van der Waals surface area contributed by atoms with E-state index in [1.165, 1.54) is 51.0 Å². The van der Waals surface area contributed by atoms with Crippen LogP contribution in [0.2, 0.25) is 0 Å². The van der Waals surface area contributed by atoms with Crippen LogP contribution in [0.5, 0.6) is 5.75 Å². The zero-order chi connectivity index (χ0) is 25.1. The van der Waals surface area contributed by atoms with Gasteiger partial charge >= 0.3 is 5.97 Å². The van der Waals surface area contributed by atoms with Crippen LogP contribution in [0.3, 0.4) is 0 Å². The maximum atomic E-state index is 11.9.